The third kappa shape index (κ3) is 5.02. The van der Waals surface area contributed by atoms with Gasteiger partial charge in [0.15, 0.2) is 0 Å². The second-order valence-electron chi connectivity index (χ2n) is 3.90. The van der Waals surface area contributed by atoms with E-state index in [-0.39, 0.29) is 11.5 Å². The largest absolute Gasteiger partial charge is 0.351 e. The average molecular weight is 278 g/mol. The quantitative estimate of drug-likeness (QED) is 0.376. The van der Waals surface area contributed by atoms with Crippen LogP contribution in [0, 0.1) is 11.3 Å². The summed E-state index contributed by atoms with van der Waals surface area (Å²) in [5.41, 5.74) is 0.977. The van der Waals surface area contributed by atoms with Gasteiger partial charge >= 0.3 is 0 Å². The fourth-order valence-electron chi connectivity index (χ4n) is 1.43. The lowest BCUT2D eigenvalue weighted by atomic mass is 10.2. The van der Waals surface area contributed by atoms with Gasteiger partial charge in [0.25, 0.3) is 5.91 Å². The lowest BCUT2D eigenvalue weighted by molar-refractivity contribution is -0.117. The van der Waals surface area contributed by atoms with Crippen LogP contribution in [0.4, 0.5) is 5.69 Å². The molecule has 0 spiro atoms. The Morgan fingerprint density at radius 3 is 2.74 bits per heavy atom. The number of carbonyl (C=O) groups is 1. The molecule has 0 radical (unpaired) electrons. The van der Waals surface area contributed by atoms with E-state index in [2.05, 4.69) is 5.32 Å². The number of benzene rings is 1. The predicted molar refractivity (Wildman–Crippen MR) is 76.9 cm³/mol. The van der Waals surface area contributed by atoms with Gasteiger partial charge < -0.3 is 10.2 Å². The van der Waals surface area contributed by atoms with E-state index in [1.165, 1.54) is 6.20 Å². The van der Waals surface area contributed by atoms with Crippen molar-refractivity contribution in [3.63, 3.8) is 0 Å². The van der Waals surface area contributed by atoms with Crippen LogP contribution in [-0.2, 0) is 4.79 Å². The van der Waals surface area contributed by atoms with Crippen LogP contribution in [0.15, 0.2) is 42.1 Å². The zero-order chi connectivity index (χ0) is 14.1. The number of carbonyl (C=O) groups excluding carboxylic acids is 1. The molecule has 1 rings (SSSR count). The number of hydrogen-bond acceptors (Lipinski definition) is 3. The summed E-state index contributed by atoms with van der Waals surface area (Å²) in [5.74, 6) is 0.103. The van der Waals surface area contributed by atoms with Crippen molar-refractivity contribution in [1.29, 1.82) is 5.26 Å². The van der Waals surface area contributed by atoms with Crippen molar-refractivity contribution in [3.8, 4) is 6.07 Å². The standard InChI is InChI=1S/C14H16ClN3O/c1-18(13-6-3-2-4-7-13)11-12(10-16)14(19)17-9-5-8-15/h2-4,6-7,11H,5,8-9H2,1H3,(H,17,19)/b12-11-. The van der Waals surface area contributed by atoms with Crippen molar-refractivity contribution < 1.29 is 4.79 Å². The van der Waals surface area contributed by atoms with Gasteiger partial charge in [-0.05, 0) is 18.6 Å². The SMILES string of the molecule is CN(/C=C(/C#N)C(=O)NCCCCl)c1ccccc1. The number of nitriles is 1. The van der Waals surface area contributed by atoms with Gasteiger partial charge in [-0.3, -0.25) is 4.79 Å². The molecule has 1 N–H and O–H groups in total. The van der Waals surface area contributed by atoms with Gasteiger partial charge in [0.2, 0.25) is 0 Å². The highest BCUT2D eigenvalue weighted by Gasteiger charge is 2.09. The zero-order valence-electron chi connectivity index (χ0n) is 10.8. The van der Waals surface area contributed by atoms with Gasteiger partial charge in [0.1, 0.15) is 11.6 Å². The van der Waals surface area contributed by atoms with E-state index < -0.39 is 0 Å². The summed E-state index contributed by atoms with van der Waals surface area (Å²) in [6.45, 7) is 0.469. The highest BCUT2D eigenvalue weighted by molar-refractivity contribution is 6.17. The first-order chi connectivity index (χ1) is 9.19. The fourth-order valence-corrected chi connectivity index (χ4v) is 1.57. The molecule has 0 bridgehead atoms. The molecule has 19 heavy (non-hydrogen) atoms. The van der Waals surface area contributed by atoms with Crippen molar-refractivity contribution >= 4 is 23.2 Å². The van der Waals surface area contributed by atoms with Crippen molar-refractivity contribution in [1.82, 2.24) is 5.32 Å². The van der Waals surface area contributed by atoms with E-state index in [1.54, 1.807) is 11.9 Å². The molecule has 1 aromatic rings. The Hall–Kier alpha value is -1.99. The van der Waals surface area contributed by atoms with Crippen molar-refractivity contribution in [3.05, 3.63) is 42.1 Å². The minimum absolute atomic E-state index is 0.0703. The minimum atomic E-state index is -0.379. The third-order valence-corrected chi connectivity index (χ3v) is 2.71. The first-order valence-electron chi connectivity index (χ1n) is 5.93. The van der Waals surface area contributed by atoms with E-state index in [1.807, 2.05) is 36.4 Å². The van der Waals surface area contributed by atoms with E-state index in [9.17, 15) is 4.79 Å². The summed E-state index contributed by atoms with van der Waals surface area (Å²) in [7, 11) is 1.79. The van der Waals surface area contributed by atoms with Gasteiger partial charge in [-0.2, -0.15) is 5.26 Å². The molecule has 0 saturated heterocycles. The van der Waals surface area contributed by atoms with Crippen LogP contribution in [0.3, 0.4) is 0 Å². The van der Waals surface area contributed by atoms with Crippen molar-refractivity contribution in [2.45, 2.75) is 6.42 Å². The van der Waals surface area contributed by atoms with Gasteiger partial charge in [0.05, 0.1) is 0 Å². The molecular formula is C14H16ClN3O. The number of alkyl halides is 1. The van der Waals surface area contributed by atoms with E-state index >= 15 is 0 Å². The van der Waals surface area contributed by atoms with E-state index in [4.69, 9.17) is 16.9 Å². The van der Waals surface area contributed by atoms with Gasteiger partial charge in [-0.15, -0.1) is 11.6 Å². The smallest absolute Gasteiger partial charge is 0.263 e. The highest BCUT2D eigenvalue weighted by atomic mass is 35.5. The zero-order valence-corrected chi connectivity index (χ0v) is 11.5. The summed E-state index contributed by atoms with van der Waals surface area (Å²) in [5, 5.41) is 11.7. The van der Waals surface area contributed by atoms with Crippen LogP contribution < -0.4 is 10.2 Å². The number of nitrogens with zero attached hydrogens (tertiary/aromatic N) is 2. The molecule has 0 fully saturated rings. The Morgan fingerprint density at radius 1 is 1.47 bits per heavy atom. The number of nitrogens with one attached hydrogen (secondary N) is 1. The molecule has 0 unspecified atom stereocenters. The summed E-state index contributed by atoms with van der Waals surface area (Å²) >= 11 is 5.52. The topological polar surface area (TPSA) is 56.1 Å². The molecule has 0 aliphatic heterocycles. The molecule has 100 valence electrons. The third-order valence-electron chi connectivity index (χ3n) is 2.45. The van der Waals surface area contributed by atoms with Crippen molar-refractivity contribution in [2.75, 3.05) is 24.4 Å². The Morgan fingerprint density at radius 2 is 2.16 bits per heavy atom. The van der Waals surface area contributed by atoms with Gasteiger partial charge in [-0.25, -0.2) is 0 Å². The van der Waals surface area contributed by atoms with Crippen LogP contribution in [0.25, 0.3) is 0 Å². The number of rotatable bonds is 6. The molecule has 0 atom stereocenters. The molecule has 1 amide bonds. The first kappa shape index (κ1) is 15.1. The minimum Gasteiger partial charge on any atom is -0.351 e. The summed E-state index contributed by atoms with van der Waals surface area (Å²) in [6.07, 6.45) is 2.20. The van der Waals surface area contributed by atoms with Crippen LogP contribution in [0.2, 0.25) is 0 Å². The number of para-hydroxylation sites is 1. The highest BCUT2D eigenvalue weighted by Crippen LogP contribution is 2.12. The van der Waals surface area contributed by atoms with Crippen molar-refractivity contribution in [2.24, 2.45) is 0 Å². The Balaban J connectivity index is 2.71. The summed E-state index contributed by atoms with van der Waals surface area (Å²) < 4.78 is 0. The first-order valence-corrected chi connectivity index (χ1v) is 6.46. The second-order valence-corrected chi connectivity index (χ2v) is 4.28. The molecular weight excluding hydrogens is 262 g/mol. The maximum Gasteiger partial charge on any atom is 0.263 e. The Bertz CT molecular complexity index is 479. The van der Waals surface area contributed by atoms with Crippen LogP contribution >= 0.6 is 11.6 Å². The Labute approximate surface area is 118 Å². The van der Waals surface area contributed by atoms with Crippen LogP contribution in [0.5, 0.6) is 0 Å². The Kier molecular flexibility index (Phi) is 6.48. The number of hydrogen-bond donors (Lipinski definition) is 1. The van der Waals surface area contributed by atoms with Crippen LogP contribution in [-0.4, -0.2) is 25.4 Å². The second kappa shape index (κ2) is 8.17. The predicted octanol–water partition coefficient (Wildman–Crippen LogP) is 2.28. The normalized spacial score (nSPS) is 10.7. The van der Waals surface area contributed by atoms with Crippen LogP contribution in [0.1, 0.15) is 6.42 Å². The molecule has 5 heteroatoms. The van der Waals surface area contributed by atoms with Gasteiger partial charge in [-0.1, -0.05) is 18.2 Å². The maximum absolute atomic E-state index is 11.7. The molecule has 1 aromatic carbocycles. The monoisotopic (exact) mass is 277 g/mol. The van der Waals surface area contributed by atoms with Gasteiger partial charge in [0, 0.05) is 31.4 Å². The number of halogens is 1. The van der Waals surface area contributed by atoms with E-state index in [0.29, 0.717) is 18.8 Å². The lowest BCUT2D eigenvalue weighted by Gasteiger charge is -2.14. The molecule has 0 heterocycles. The number of anilines is 1. The molecule has 0 aliphatic carbocycles. The average Bonchev–Trinajstić information content (AvgIpc) is 2.45. The maximum atomic E-state index is 11.7. The molecule has 0 aromatic heterocycles. The molecule has 0 aliphatic rings. The molecule has 0 saturated carbocycles. The fraction of sp³-hybridized carbons (Fsp3) is 0.286. The molecule has 4 nitrogen and oxygen atoms in total. The van der Waals surface area contributed by atoms with E-state index in [0.717, 1.165) is 5.69 Å². The lowest BCUT2D eigenvalue weighted by Crippen LogP contribution is -2.27. The number of amides is 1. The summed E-state index contributed by atoms with van der Waals surface area (Å²) in [4.78, 5) is 13.5. The summed E-state index contributed by atoms with van der Waals surface area (Å²) in [6, 6.07) is 11.4.